The first-order valence-corrected chi connectivity index (χ1v) is 9.60. The Balaban J connectivity index is 2.06. The van der Waals surface area contributed by atoms with Crippen LogP contribution in [0.3, 0.4) is 0 Å². The molecular formula is C15H19Cl2NO4S. The largest absolute Gasteiger partial charge is 0.377 e. The van der Waals surface area contributed by atoms with Gasteiger partial charge in [0.2, 0.25) is 5.91 Å². The molecular weight excluding hydrogens is 361 g/mol. The first-order valence-electron chi connectivity index (χ1n) is 7.19. The number of rotatable bonds is 4. The number of amides is 1. The molecule has 0 aliphatic carbocycles. The Bertz CT molecular complexity index is 703. The highest BCUT2D eigenvalue weighted by atomic mass is 35.5. The molecule has 1 aromatic carbocycles. The first-order chi connectivity index (χ1) is 10.6. The first kappa shape index (κ1) is 18.5. The van der Waals surface area contributed by atoms with E-state index in [1.165, 1.54) is 18.2 Å². The molecule has 0 spiro atoms. The minimum absolute atomic E-state index is 0.0703. The number of nitrogens with zero attached hydrogens (tertiary/aromatic N) is 1. The second-order valence-electron chi connectivity index (χ2n) is 6.06. The summed E-state index contributed by atoms with van der Waals surface area (Å²) < 4.78 is 30.1. The molecule has 1 heterocycles. The molecule has 0 aromatic heterocycles. The van der Waals surface area contributed by atoms with E-state index in [2.05, 4.69) is 0 Å². The Hall–Kier alpha value is -0.820. The highest BCUT2D eigenvalue weighted by Crippen LogP contribution is 2.26. The van der Waals surface area contributed by atoms with Gasteiger partial charge in [0.05, 0.1) is 39.4 Å². The third-order valence-electron chi connectivity index (χ3n) is 3.78. The van der Waals surface area contributed by atoms with E-state index in [9.17, 15) is 13.2 Å². The number of carbonyl (C=O) groups excluding carboxylic acids is 1. The van der Waals surface area contributed by atoms with Crippen molar-refractivity contribution in [3.63, 3.8) is 0 Å². The van der Waals surface area contributed by atoms with E-state index >= 15 is 0 Å². The second-order valence-corrected chi connectivity index (χ2v) is 8.98. The number of benzene rings is 1. The van der Waals surface area contributed by atoms with Gasteiger partial charge in [0.25, 0.3) is 0 Å². The maximum absolute atomic E-state index is 12.4. The van der Waals surface area contributed by atoms with Crippen molar-refractivity contribution < 1.29 is 17.9 Å². The van der Waals surface area contributed by atoms with E-state index in [1.54, 1.807) is 4.90 Å². The highest BCUT2D eigenvalue weighted by Gasteiger charge is 2.34. The number of hydrogen-bond donors (Lipinski definition) is 0. The Morgan fingerprint density at radius 1 is 1.30 bits per heavy atom. The average Bonchev–Trinajstić information content (AvgIpc) is 2.47. The molecule has 1 saturated heterocycles. The van der Waals surface area contributed by atoms with Gasteiger partial charge in [-0.3, -0.25) is 4.79 Å². The van der Waals surface area contributed by atoms with Crippen LogP contribution in [0.25, 0.3) is 0 Å². The molecule has 1 amide bonds. The minimum atomic E-state index is -3.59. The van der Waals surface area contributed by atoms with Crippen LogP contribution in [0.1, 0.15) is 20.3 Å². The zero-order chi connectivity index (χ0) is 17.3. The van der Waals surface area contributed by atoms with Crippen LogP contribution in [0.15, 0.2) is 23.1 Å². The number of halogens is 2. The van der Waals surface area contributed by atoms with Crippen LogP contribution in [-0.2, 0) is 19.4 Å². The Morgan fingerprint density at radius 2 is 2.00 bits per heavy atom. The SMILES string of the molecule is CC1(C)COCCN1C(=O)CCS(=O)(=O)c1ccc(Cl)c(Cl)c1. The van der Waals surface area contributed by atoms with E-state index in [0.717, 1.165) is 0 Å². The van der Waals surface area contributed by atoms with Crippen molar-refractivity contribution in [3.8, 4) is 0 Å². The number of morpholine rings is 1. The molecule has 1 aromatic rings. The number of carbonyl (C=O) groups is 1. The van der Waals surface area contributed by atoms with E-state index in [4.69, 9.17) is 27.9 Å². The molecule has 1 fully saturated rings. The molecule has 0 bridgehead atoms. The van der Waals surface area contributed by atoms with Crippen molar-refractivity contribution in [3.05, 3.63) is 28.2 Å². The van der Waals surface area contributed by atoms with Crippen LogP contribution in [-0.4, -0.2) is 50.3 Å². The van der Waals surface area contributed by atoms with Crippen LogP contribution in [0, 0.1) is 0 Å². The highest BCUT2D eigenvalue weighted by molar-refractivity contribution is 7.91. The zero-order valence-electron chi connectivity index (χ0n) is 13.0. The number of hydrogen-bond acceptors (Lipinski definition) is 4. The quantitative estimate of drug-likeness (QED) is 0.806. The van der Waals surface area contributed by atoms with E-state index in [1.807, 2.05) is 13.8 Å². The molecule has 128 valence electrons. The molecule has 0 radical (unpaired) electrons. The van der Waals surface area contributed by atoms with Crippen LogP contribution < -0.4 is 0 Å². The van der Waals surface area contributed by atoms with Gasteiger partial charge in [-0.15, -0.1) is 0 Å². The summed E-state index contributed by atoms with van der Waals surface area (Å²) in [5, 5.41) is 0.463. The smallest absolute Gasteiger partial charge is 0.224 e. The van der Waals surface area contributed by atoms with Crippen LogP contribution in [0.2, 0.25) is 10.0 Å². The molecule has 1 aliphatic heterocycles. The van der Waals surface area contributed by atoms with Gasteiger partial charge in [0.15, 0.2) is 9.84 Å². The summed E-state index contributed by atoms with van der Waals surface area (Å²) in [6, 6.07) is 4.14. The van der Waals surface area contributed by atoms with Gasteiger partial charge in [0, 0.05) is 13.0 Å². The summed E-state index contributed by atoms with van der Waals surface area (Å²) in [6.45, 7) is 5.18. The van der Waals surface area contributed by atoms with Gasteiger partial charge in [-0.05, 0) is 32.0 Å². The molecule has 0 N–H and O–H groups in total. The van der Waals surface area contributed by atoms with Crippen molar-refractivity contribution >= 4 is 38.9 Å². The Labute approximate surface area is 146 Å². The van der Waals surface area contributed by atoms with Gasteiger partial charge < -0.3 is 9.64 Å². The summed E-state index contributed by atoms with van der Waals surface area (Å²) >= 11 is 11.6. The molecule has 1 aliphatic rings. The fourth-order valence-electron chi connectivity index (χ4n) is 2.47. The number of ether oxygens (including phenoxy) is 1. The Morgan fingerprint density at radius 3 is 2.61 bits per heavy atom. The lowest BCUT2D eigenvalue weighted by Gasteiger charge is -2.42. The zero-order valence-corrected chi connectivity index (χ0v) is 15.3. The molecule has 0 atom stereocenters. The predicted molar refractivity (Wildman–Crippen MR) is 89.7 cm³/mol. The molecule has 0 unspecified atom stereocenters. The van der Waals surface area contributed by atoms with E-state index in [0.29, 0.717) is 19.8 Å². The van der Waals surface area contributed by atoms with Crippen molar-refractivity contribution in [1.29, 1.82) is 0 Å². The normalized spacial score (nSPS) is 18.0. The molecule has 2 rings (SSSR count). The van der Waals surface area contributed by atoms with Crippen molar-refractivity contribution in [2.45, 2.75) is 30.7 Å². The lowest BCUT2D eigenvalue weighted by molar-refractivity contribution is -0.145. The maximum Gasteiger partial charge on any atom is 0.224 e. The molecule has 5 nitrogen and oxygen atoms in total. The molecule has 23 heavy (non-hydrogen) atoms. The van der Waals surface area contributed by atoms with E-state index < -0.39 is 15.4 Å². The summed E-state index contributed by atoms with van der Waals surface area (Å²) in [7, 11) is -3.59. The summed E-state index contributed by atoms with van der Waals surface area (Å²) in [6.07, 6.45) is -0.0774. The van der Waals surface area contributed by atoms with Gasteiger partial charge in [0.1, 0.15) is 0 Å². The summed E-state index contributed by atoms with van der Waals surface area (Å²) in [5.74, 6) is -0.459. The average molecular weight is 380 g/mol. The standard InChI is InChI=1S/C15H19Cl2NO4S/c1-15(2)10-22-7-6-18(15)14(19)5-8-23(20,21)11-3-4-12(16)13(17)9-11/h3-4,9H,5-8,10H2,1-2H3. The third-order valence-corrected chi connectivity index (χ3v) is 6.23. The predicted octanol–water partition coefficient (Wildman–Crippen LogP) is 2.79. The fourth-order valence-corrected chi connectivity index (χ4v) is 4.08. The molecule has 8 heteroatoms. The van der Waals surface area contributed by atoms with Crippen LogP contribution in [0.4, 0.5) is 0 Å². The van der Waals surface area contributed by atoms with Gasteiger partial charge in [-0.25, -0.2) is 8.42 Å². The summed E-state index contributed by atoms with van der Waals surface area (Å²) in [5.41, 5.74) is -0.428. The van der Waals surface area contributed by atoms with Crippen molar-refractivity contribution in [1.82, 2.24) is 4.90 Å². The van der Waals surface area contributed by atoms with Crippen molar-refractivity contribution in [2.24, 2.45) is 0 Å². The van der Waals surface area contributed by atoms with Gasteiger partial charge >= 0.3 is 0 Å². The molecule has 0 saturated carbocycles. The van der Waals surface area contributed by atoms with Gasteiger partial charge in [-0.2, -0.15) is 0 Å². The lowest BCUT2D eigenvalue weighted by atomic mass is 10.0. The van der Waals surface area contributed by atoms with Crippen LogP contribution >= 0.6 is 23.2 Å². The minimum Gasteiger partial charge on any atom is -0.377 e. The van der Waals surface area contributed by atoms with Crippen molar-refractivity contribution in [2.75, 3.05) is 25.5 Å². The second kappa shape index (κ2) is 6.97. The summed E-state index contributed by atoms with van der Waals surface area (Å²) in [4.78, 5) is 14.1. The number of sulfone groups is 1. The topological polar surface area (TPSA) is 63.7 Å². The Kier molecular flexibility index (Phi) is 5.61. The van der Waals surface area contributed by atoms with Gasteiger partial charge in [-0.1, -0.05) is 23.2 Å². The fraction of sp³-hybridized carbons (Fsp3) is 0.533. The van der Waals surface area contributed by atoms with Crippen LogP contribution in [0.5, 0.6) is 0 Å². The maximum atomic E-state index is 12.4. The lowest BCUT2D eigenvalue weighted by Crippen LogP contribution is -2.55. The van der Waals surface area contributed by atoms with E-state index in [-0.39, 0.29) is 33.0 Å². The third kappa shape index (κ3) is 4.38. The monoisotopic (exact) mass is 379 g/mol.